The number of benzene rings is 1. The van der Waals surface area contributed by atoms with Crippen molar-refractivity contribution in [1.29, 1.82) is 0 Å². The van der Waals surface area contributed by atoms with E-state index in [1.807, 2.05) is 18.2 Å². The van der Waals surface area contributed by atoms with Gasteiger partial charge >= 0.3 is 6.16 Å². The van der Waals surface area contributed by atoms with Gasteiger partial charge in [0, 0.05) is 23.6 Å². The van der Waals surface area contributed by atoms with Crippen molar-refractivity contribution in [2.45, 2.75) is 56.7 Å². The number of nitrogens with one attached hydrogen (secondary N) is 3. The molecule has 0 saturated heterocycles. The van der Waals surface area contributed by atoms with Crippen LogP contribution in [0.25, 0.3) is 0 Å². The number of carboxylic acid groups (broad SMARTS) is 1. The first-order chi connectivity index (χ1) is 17.4. The number of ether oxygens (including phenoxy) is 1. The van der Waals surface area contributed by atoms with Crippen molar-refractivity contribution in [2.75, 3.05) is 17.2 Å². The zero-order valence-electron chi connectivity index (χ0n) is 19.5. The molecule has 0 spiro atoms. The summed E-state index contributed by atoms with van der Waals surface area (Å²) in [5.41, 5.74) is 3.21. The first-order valence-corrected chi connectivity index (χ1v) is 12.5. The van der Waals surface area contributed by atoms with Gasteiger partial charge in [-0.05, 0) is 55.4 Å². The van der Waals surface area contributed by atoms with E-state index in [1.54, 1.807) is 0 Å². The summed E-state index contributed by atoms with van der Waals surface area (Å²) in [5, 5.41) is 18.9. The summed E-state index contributed by atoms with van der Waals surface area (Å²) in [5.74, 6) is 0.917. The van der Waals surface area contributed by atoms with Crippen LogP contribution < -0.4 is 16.0 Å². The van der Waals surface area contributed by atoms with Crippen molar-refractivity contribution in [3.05, 3.63) is 52.7 Å². The predicted molar refractivity (Wildman–Crippen MR) is 132 cm³/mol. The smallest absolute Gasteiger partial charge is 0.450 e. The average molecular weight is 520 g/mol. The molecule has 3 aliphatic carbocycles. The molecule has 1 heterocycles. The number of hydrogen-bond donors (Lipinski definition) is 4. The molecule has 0 amide bonds. The monoisotopic (exact) mass is 519 g/mol. The maximum absolute atomic E-state index is 12.6. The molecule has 0 aliphatic heterocycles. The second-order valence-corrected chi connectivity index (χ2v) is 9.95. The lowest BCUT2D eigenvalue weighted by Gasteiger charge is -2.28. The van der Waals surface area contributed by atoms with Gasteiger partial charge < -0.3 is 25.8 Å². The van der Waals surface area contributed by atoms with Crippen molar-refractivity contribution in [1.82, 2.24) is 15.3 Å². The van der Waals surface area contributed by atoms with Gasteiger partial charge in [0.05, 0.1) is 18.8 Å². The number of rotatable bonds is 8. The molecule has 4 N–H and O–H groups in total. The lowest BCUT2D eigenvalue weighted by Crippen LogP contribution is -2.40. The fourth-order valence-corrected chi connectivity index (χ4v) is 5.65. The Morgan fingerprint density at radius 2 is 1.97 bits per heavy atom. The Morgan fingerprint density at radius 1 is 1.19 bits per heavy atom. The first-order valence-electron chi connectivity index (χ1n) is 12.1. The van der Waals surface area contributed by atoms with E-state index >= 15 is 0 Å². The third-order valence-electron chi connectivity index (χ3n) is 7.22. The second-order valence-electron chi connectivity index (χ2n) is 9.54. The SMILES string of the molecule is O=C(O)O[C@@H]1[C@H](Nc2nc(Nc3ccc4c(c3)CCC(NCC(F)F)CC4)ncc2Cl)[C@H]2C=C[C@@H]1C2. The highest BCUT2D eigenvalue weighted by Crippen LogP contribution is 2.43. The van der Waals surface area contributed by atoms with Crippen molar-refractivity contribution >= 4 is 35.2 Å². The molecule has 192 valence electrons. The number of fused-ring (bicyclic) bond motifs is 3. The van der Waals surface area contributed by atoms with Crippen LogP contribution in [0.5, 0.6) is 0 Å². The number of carbonyl (C=O) groups is 1. The van der Waals surface area contributed by atoms with E-state index in [-0.39, 0.29) is 30.5 Å². The number of hydrogen-bond acceptors (Lipinski definition) is 7. The van der Waals surface area contributed by atoms with Gasteiger partial charge in [-0.15, -0.1) is 0 Å². The summed E-state index contributed by atoms with van der Waals surface area (Å²) in [6, 6.07) is 5.86. The van der Waals surface area contributed by atoms with Crippen LogP contribution in [0, 0.1) is 11.8 Å². The number of aromatic nitrogens is 2. The van der Waals surface area contributed by atoms with Gasteiger partial charge in [-0.1, -0.05) is 29.8 Å². The minimum atomic E-state index is -2.35. The summed E-state index contributed by atoms with van der Waals surface area (Å²) in [6.07, 6.45) is 5.48. The fourth-order valence-electron chi connectivity index (χ4n) is 5.50. The Morgan fingerprint density at radius 3 is 2.75 bits per heavy atom. The Kier molecular flexibility index (Phi) is 7.25. The predicted octanol–water partition coefficient (Wildman–Crippen LogP) is 5.03. The normalized spacial score (nSPS) is 26.5. The van der Waals surface area contributed by atoms with Gasteiger partial charge in [0.2, 0.25) is 5.95 Å². The summed E-state index contributed by atoms with van der Waals surface area (Å²) >= 11 is 6.36. The maximum Gasteiger partial charge on any atom is 0.506 e. The minimum Gasteiger partial charge on any atom is -0.450 e. The molecule has 2 aromatic rings. The molecule has 5 rings (SSSR count). The van der Waals surface area contributed by atoms with Crippen molar-refractivity contribution in [3.63, 3.8) is 0 Å². The lowest BCUT2D eigenvalue weighted by atomic mass is 9.98. The number of aryl methyl sites for hydroxylation is 2. The molecule has 1 aromatic carbocycles. The molecule has 1 unspecified atom stereocenters. The van der Waals surface area contributed by atoms with Crippen molar-refractivity contribution in [2.24, 2.45) is 11.8 Å². The van der Waals surface area contributed by atoms with E-state index in [9.17, 15) is 13.6 Å². The van der Waals surface area contributed by atoms with Crippen LogP contribution in [-0.2, 0) is 17.6 Å². The molecule has 2 bridgehead atoms. The van der Waals surface area contributed by atoms with Gasteiger partial charge in [-0.3, -0.25) is 0 Å². The van der Waals surface area contributed by atoms with E-state index in [0.717, 1.165) is 37.8 Å². The Hall–Kier alpha value is -2.98. The molecule has 8 nitrogen and oxygen atoms in total. The third kappa shape index (κ3) is 5.54. The fraction of sp³-hybridized carbons (Fsp3) is 0.480. The molecule has 0 radical (unpaired) electrons. The van der Waals surface area contributed by atoms with E-state index < -0.39 is 18.7 Å². The van der Waals surface area contributed by atoms with Gasteiger partial charge in [0.15, 0.2) is 5.82 Å². The van der Waals surface area contributed by atoms with Crippen LogP contribution in [0.2, 0.25) is 5.02 Å². The molecule has 5 atom stereocenters. The summed E-state index contributed by atoms with van der Waals surface area (Å²) < 4.78 is 30.3. The summed E-state index contributed by atoms with van der Waals surface area (Å²) in [4.78, 5) is 20.0. The van der Waals surface area contributed by atoms with E-state index in [1.165, 1.54) is 17.3 Å². The summed E-state index contributed by atoms with van der Waals surface area (Å²) in [7, 11) is 0. The van der Waals surface area contributed by atoms with Gasteiger partial charge in [-0.2, -0.15) is 4.98 Å². The van der Waals surface area contributed by atoms with Crippen LogP contribution in [0.1, 0.15) is 30.4 Å². The lowest BCUT2D eigenvalue weighted by molar-refractivity contribution is 0.0367. The zero-order chi connectivity index (χ0) is 25.2. The van der Waals surface area contributed by atoms with Crippen LogP contribution in [0.4, 0.5) is 31.0 Å². The Balaban J connectivity index is 1.27. The Labute approximate surface area is 212 Å². The molecule has 11 heteroatoms. The van der Waals surface area contributed by atoms with Gasteiger partial charge in [0.1, 0.15) is 11.1 Å². The highest BCUT2D eigenvalue weighted by atomic mass is 35.5. The van der Waals surface area contributed by atoms with Crippen LogP contribution in [0.15, 0.2) is 36.5 Å². The average Bonchev–Trinajstić information content (AvgIpc) is 3.37. The number of halogens is 3. The highest BCUT2D eigenvalue weighted by Gasteiger charge is 2.47. The van der Waals surface area contributed by atoms with Gasteiger partial charge in [0.25, 0.3) is 6.43 Å². The highest BCUT2D eigenvalue weighted by molar-refractivity contribution is 6.32. The van der Waals surface area contributed by atoms with Crippen molar-refractivity contribution < 1.29 is 23.4 Å². The quantitative estimate of drug-likeness (QED) is 0.218. The molecule has 3 aliphatic rings. The zero-order valence-corrected chi connectivity index (χ0v) is 20.2. The summed E-state index contributed by atoms with van der Waals surface area (Å²) in [6.45, 7) is -0.278. The molecule has 1 fully saturated rings. The Bertz CT molecular complexity index is 1150. The molecular formula is C25H28ClF2N5O3. The molecule has 1 aromatic heterocycles. The topological polar surface area (TPSA) is 108 Å². The number of alkyl halides is 2. The molecule has 36 heavy (non-hydrogen) atoms. The maximum atomic E-state index is 12.6. The van der Waals surface area contributed by atoms with E-state index in [0.29, 0.717) is 16.8 Å². The minimum absolute atomic E-state index is 0.0338. The number of anilines is 3. The van der Waals surface area contributed by atoms with E-state index in [2.05, 4.69) is 38.1 Å². The third-order valence-corrected chi connectivity index (χ3v) is 7.50. The molecule has 1 saturated carbocycles. The first kappa shape index (κ1) is 24.7. The van der Waals surface area contributed by atoms with E-state index in [4.69, 9.17) is 21.4 Å². The largest absolute Gasteiger partial charge is 0.506 e. The van der Waals surface area contributed by atoms with Crippen LogP contribution in [0.3, 0.4) is 0 Å². The van der Waals surface area contributed by atoms with Gasteiger partial charge in [-0.25, -0.2) is 18.6 Å². The number of nitrogens with zero attached hydrogens (tertiary/aromatic N) is 2. The van der Waals surface area contributed by atoms with Crippen LogP contribution >= 0.6 is 11.6 Å². The van der Waals surface area contributed by atoms with Crippen LogP contribution in [-0.4, -0.2) is 52.4 Å². The standard InChI is InChI=1S/C25H28ClF2N5O3/c26-19-11-30-24(33-23(19)32-21-15-1-2-16(9-15)22(21)36-25(34)35)31-18-8-4-13-3-6-17(29-12-20(27)28)7-5-14(13)10-18/h1-2,4,8,10-11,15-17,20-22,29H,3,5-7,9,12H2,(H,34,35)(H2,30,31,32,33)/t15-,16+,17?,21+,22-/m0/s1. The molecular weight excluding hydrogens is 492 g/mol. The van der Waals surface area contributed by atoms with Crippen molar-refractivity contribution in [3.8, 4) is 0 Å². The second kappa shape index (κ2) is 10.6.